The predicted molar refractivity (Wildman–Crippen MR) is 33.2 cm³/mol. The molecule has 0 bridgehead atoms. The molecule has 1 unspecified atom stereocenters. The molecule has 1 saturated heterocycles. The van der Waals surface area contributed by atoms with Gasteiger partial charge in [-0.2, -0.15) is 0 Å². The lowest BCUT2D eigenvalue weighted by molar-refractivity contribution is 0.311. The fourth-order valence-corrected chi connectivity index (χ4v) is 0.680. The Bertz CT molecular complexity index is 98.7. The van der Waals surface area contributed by atoms with Crippen LogP contribution in [0.2, 0.25) is 0 Å². The SMILES string of the molecule is O/N=C/C1NCCNN1. The van der Waals surface area contributed by atoms with E-state index < -0.39 is 0 Å². The monoisotopic (exact) mass is 130 g/mol. The minimum absolute atomic E-state index is 0.0521. The van der Waals surface area contributed by atoms with Crippen molar-refractivity contribution in [1.82, 2.24) is 16.2 Å². The molecule has 1 aliphatic rings. The van der Waals surface area contributed by atoms with E-state index in [1.165, 1.54) is 6.21 Å². The Hall–Kier alpha value is -0.650. The molecule has 5 heteroatoms. The summed E-state index contributed by atoms with van der Waals surface area (Å²) in [7, 11) is 0. The normalized spacial score (nSPS) is 29.1. The summed E-state index contributed by atoms with van der Waals surface area (Å²) in [4.78, 5) is 0. The molecule has 9 heavy (non-hydrogen) atoms. The molecule has 1 fully saturated rings. The standard InChI is InChI=1S/C4H10N4O/c9-7-3-4-5-1-2-6-8-4/h3-6,8-9H,1-2H2/b7-3+. The summed E-state index contributed by atoms with van der Waals surface area (Å²) in [6.07, 6.45) is 1.33. The van der Waals surface area contributed by atoms with E-state index in [0.717, 1.165) is 13.1 Å². The zero-order valence-electron chi connectivity index (χ0n) is 4.96. The molecular weight excluding hydrogens is 120 g/mol. The molecule has 1 heterocycles. The van der Waals surface area contributed by atoms with Crippen molar-refractivity contribution in [2.45, 2.75) is 6.17 Å². The maximum Gasteiger partial charge on any atom is 0.110 e. The second-order valence-electron chi connectivity index (χ2n) is 1.77. The van der Waals surface area contributed by atoms with Crippen LogP contribution in [0.1, 0.15) is 0 Å². The van der Waals surface area contributed by atoms with Gasteiger partial charge in [0, 0.05) is 13.1 Å². The van der Waals surface area contributed by atoms with Gasteiger partial charge in [0.2, 0.25) is 0 Å². The van der Waals surface area contributed by atoms with E-state index in [0.29, 0.717) is 0 Å². The third kappa shape index (κ3) is 1.96. The summed E-state index contributed by atoms with van der Waals surface area (Å²) >= 11 is 0. The highest BCUT2D eigenvalue weighted by molar-refractivity contribution is 5.62. The highest BCUT2D eigenvalue weighted by atomic mass is 16.4. The summed E-state index contributed by atoms with van der Waals surface area (Å²) < 4.78 is 0. The lowest BCUT2D eigenvalue weighted by atomic mass is 10.5. The van der Waals surface area contributed by atoms with Gasteiger partial charge in [-0.1, -0.05) is 5.16 Å². The molecule has 0 aromatic rings. The molecule has 0 amide bonds. The number of nitrogens with zero attached hydrogens (tertiary/aromatic N) is 1. The molecular formula is C4H10N4O. The smallest absolute Gasteiger partial charge is 0.110 e. The molecule has 1 aliphatic heterocycles. The van der Waals surface area contributed by atoms with Crippen LogP contribution in [-0.2, 0) is 0 Å². The van der Waals surface area contributed by atoms with Crippen molar-refractivity contribution in [3.8, 4) is 0 Å². The Balaban J connectivity index is 2.23. The predicted octanol–water partition coefficient (Wildman–Crippen LogP) is -1.53. The molecule has 0 spiro atoms. The van der Waals surface area contributed by atoms with Crippen LogP contribution >= 0.6 is 0 Å². The van der Waals surface area contributed by atoms with Crippen LogP contribution in [0, 0.1) is 0 Å². The number of hydrazine groups is 1. The van der Waals surface area contributed by atoms with Gasteiger partial charge in [-0.3, -0.25) is 10.7 Å². The van der Waals surface area contributed by atoms with Gasteiger partial charge >= 0.3 is 0 Å². The quantitative estimate of drug-likeness (QED) is 0.197. The average molecular weight is 130 g/mol. The first-order chi connectivity index (χ1) is 4.43. The molecule has 0 aromatic carbocycles. The molecule has 0 aromatic heterocycles. The summed E-state index contributed by atoms with van der Waals surface area (Å²) in [5.74, 6) is 0. The lowest BCUT2D eigenvalue weighted by Crippen LogP contribution is -2.58. The molecule has 52 valence electrons. The number of oxime groups is 1. The third-order valence-electron chi connectivity index (χ3n) is 1.09. The van der Waals surface area contributed by atoms with E-state index >= 15 is 0 Å². The van der Waals surface area contributed by atoms with Crippen molar-refractivity contribution >= 4 is 6.21 Å². The van der Waals surface area contributed by atoms with Crippen molar-refractivity contribution in [2.24, 2.45) is 5.16 Å². The highest BCUT2D eigenvalue weighted by Gasteiger charge is 2.06. The Morgan fingerprint density at radius 2 is 2.44 bits per heavy atom. The second kappa shape index (κ2) is 3.39. The maximum atomic E-state index is 8.08. The van der Waals surface area contributed by atoms with Crippen LogP contribution in [0.15, 0.2) is 5.16 Å². The molecule has 5 nitrogen and oxygen atoms in total. The first-order valence-corrected chi connectivity index (χ1v) is 2.83. The minimum atomic E-state index is -0.0521. The number of hydrogen-bond acceptors (Lipinski definition) is 5. The Labute approximate surface area is 53.1 Å². The molecule has 0 radical (unpaired) electrons. The van der Waals surface area contributed by atoms with Gasteiger partial charge in [-0.05, 0) is 0 Å². The Morgan fingerprint density at radius 3 is 3.00 bits per heavy atom. The van der Waals surface area contributed by atoms with Crippen LogP contribution in [-0.4, -0.2) is 30.7 Å². The molecule has 4 N–H and O–H groups in total. The molecule has 0 saturated carbocycles. The van der Waals surface area contributed by atoms with Crippen molar-refractivity contribution in [3.05, 3.63) is 0 Å². The third-order valence-corrected chi connectivity index (χ3v) is 1.09. The van der Waals surface area contributed by atoms with E-state index in [1.54, 1.807) is 0 Å². The summed E-state index contributed by atoms with van der Waals surface area (Å²) in [6.45, 7) is 1.76. The fraction of sp³-hybridized carbons (Fsp3) is 0.750. The van der Waals surface area contributed by atoms with Crippen molar-refractivity contribution in [2.75, 3.05) is 13.1 Å². The first kappa shape index (κ1) is 6.47. The van der Waals surface area contributed by atoms with E-state index in [-0.39, 0.29) is 6.17 Å². The van der Waals surface area contributed by atoms with Gasteiger partial charge < -0.3 is 5.21 Å². The largest absolute Gasteiger partial charge is 0.411 e. The van der Waals surface area contributed by atoms with Crippen LogP contribution in [0.25, 0.3) is 0 Å². The molecule has 0 aliphatic carbocycles. The van der Waals surface area contributed by atoms with Crippen molar-refractivity contribution in [3.63, 3.8) is 0 Å². The lowest BCUT2D eigenvalue weighted by Gasteiger charge is -2.21. The number of hydrogen-bond donors (Lipinski definition) is 4. The summed E-state index contributed by atoms with van der Waals surface area (Å²) in [5.41, 5.74) is 5.75. The Morgan fingerprint density at radius 1 is 1.56 bits per heavy atom. The van der Waals surface area contributed by atoms with E-state index in [2.05, 4.69) is 21.3 Å². The zero-order valence-corrected chi connectivity index (χ0v) is 4.96. The van der Waals surface area contributed by atoms with Crippen LogP contribution in [0.3, 0.4) is 0 Å². The maximum absolute atomic E-state index is 8.08. The number of nitrogens with one attached hydrogen (secondary N) is 3. The Kier molecular flexibility index (Phi) is 2.44. The number of rotatable bonds is 1. The van der Waals surface area contributed by atoms with Crippen molar-refractivity contribution < 1.29 is 5.21 Å². The molecule has 1 atom stereocenters. The van der Waals surface area contributed by atoms with Crippen LogP contribution in [0.5, 0.6) is 0 Å². The zero-order chi connectivity index (χ0) is 6.53. The fourth-order valence-electron chi connectivity index (χ4n) is 0.680. The van der Waals surface area contributed by atoms with E-state index in [1.807, 2.05) is 0 Å². The highest BCUT2D eigenvalue weighted by Crippen LogP contribution is 1.74. The topological polar surface area (TPSA) is 68.7 Å². The first-order valence-electron chi connectivity index (χ1n) is 2.83. The van der Waals surface area contributed by atoms with Gasteiger partial charge in [0.05, 0.1) is 6.21 Å². The van der Waals surface area contributed by atoms with Crippen LogP contribution < -0.4 is 16.2 Å². The van der Waals surface area contributed by atoms with Gasteiger partial charge in [-0.25, -0.2) is 5.43 Å². The van der Waals surface area contributed by atoms with E-state index in [4.69, 9.17) is 5.21 Å². The van der Waals surface area contributed by atoms with Crippen LogP contribution in [0.4, 0.5) is 0 Å². The van der Waals surface area contributed by atoms with Gasteiger partial charge in [0.1, 0.15) is 6.17 Å². The van der Waals surface area contributed by atoms with Gasteiger partial charge in [0.25, 0.3) is 0 Å². The summed E-state index contributed by atoms with van der Waals surface area (Å²) in [6, 6.07) is 0. The van der Waals surface area contributed by atoms with Gasteiger partial charge in [-0.15, -0.1) is 0 Å². The average Bonchev–Trinajstić information content (AvgIpc) is 1.91. The van der Waals surface area contributed by atoms with Gasteiger partial charge in [0.15, 0.2) is 0 Å². The minimum Gasteiger partial charge on any atom is -0.411 e. The molecule has 1 rings (SSSR count). The van der Waals surface area contributed by atoms with Crippen molar-refractivity contribution in [1.29, 1.82) is 0 Å². The summed E-state index contributed by atoms with van der Waals surface area (Å²) in [5, 5.41) is 14.0. The van der Waals surface area contributed by atoms with E-state index in [9.17, 15) is 0 Å². The second-order valence-corrected chi connectivity index (χ2v) is 1.77.